The molecule has 170 valence electrons. The number of hydrogen-bond acceptors (Lipinski definition) is 4. The number of carbonyl (C=O) groups excluding carboxylic acids is 2. The van der Waals surface area contributed by atoms with Crippen LogP contribution in [0.4, 0.5) is 0 Å². The van der Waals surface area contributed by atoms with Crippen molar-refractivity contribution in [3.05, 3.63) is 0 Å². The van der Waals surface area contributed by atoms with Crippen LogP contribution in [-0.2, 0) is 14.3 Å². The highest BCUT2D eigenvalue weighted by Gasteiger charge is 2.69. The second-order valence-corrected chi connectivity index (χ2v) is 12.4. The highest BCUT2D eigenvalue weighted by molar-refractivity contribution is 7.98. The maximum absolute atomic E-state index is 13.3. The molecule has 0 aromatic carbocycles. The molecule has 5 heteroatoms. The van der Waals surface area contributed by atoms with E-state index in [1.807, 2.05) is 30.8 Å². The van der Waals surface area contributed by atoms with E-state index in [0.717, 1.165) is 31.4 Å². The molecule has 1 amide bonds. The van der Waals surface area contributed by atoms with Crippen LogP contribution in [0.5, 0.6) is 0 Å². The van der Waals surface area contributed by atoms with Gasteiger partial charge in [0.2, 0.25) is 5.91 Å². The fourth-order valence-electron chi connectivity index (χ4n) is 9.01. The van der Waals surface area contributed by atoms with E-state index in [-0.39, 0.29) is 28.3 Å². The van der Waals surface area contributed by atoms with Crippen LogP contribution in [0.2, 0.25) is 0 Å². The van der Waals surface area contributed by atoms with E-state index >= 15 is 0 Å². The summed E-state index contributed by atoms with van der Waals surface area (Å²) >= 11 is 1.90. The lowest BCUT2D eigenvalue weighted by molar-refractivity contribution is -0.247. The Morgan fingerprint density at radius 1 is 1.07 bits per heavy atom. The van der Waals surface area contributed by atoms with E-state index in [2.05, 4.69) is 20.1 Å². The van der Waals surface area contributed by atoms with E-state index in [9.17, 15) is 9.59 Å². The maximum Gasteiger partial charge on any atom is 0.302 e. The predicted molar refractivity (Wildman–Crippen MR) is 122 cm³/mol. The maximum atomic E-state index is 13.3. The first-order valence-corrected chi connectivity index (χ1v) is 13.4. The summed E-state index contributed by atoms with van der Waals surface area (Å²) in [5.41, 5.74) is 0.0220. The molecule has 30 heavy (non-hydrogen) atoms. The number of carbonyl (C=O) groups is 2. The zero-order chi connectivity index (χ0) is 21.9. The van der Waals surface area contributed by atoms with Gasteiger partial charge in [-0.15, -0.1) is 0 Å². The average molecular weight is 436 g/mol. The monoisotopic (exact) mass is 435 g/mol. The largest absolute Gasteiger partial charge is 0.462 e. The summed E-state index contributed by atoms with van der Waals surface area (Å²) in [5.74, 6) is 3.44. The van der Waals surface area contributed by atoms with Crippen LogP contribution in [0.3, 0.4) is 0 Å². The minimum absolute atomic E-state index is 0.0652. The van der Waals surface area contributed by atoms with Crippen LogP contribution < -0.4 is 0 Å². The molecule has 5 rings (SSSR count). The smallest absolute Gasteiger partial charge is 0.302 e. The molecule has 2 bridgehead atoms. The van der Waals surface area contributed by atoms with Crippen molar-refractivity contribution in [1.29, 1.82) is 0 Å². The Balaban J connectivity index is 1.74. The summed E-state index contributed by atoms with van der Waals surface area (Å²) in [6.07, 6.45) is 11.6. The van der Waals surface area contributed by atoms with E-state index in [1.165, 1.54) is 25.7 Å². The summed E-state index contributed by atoms with van der Waals surface area (Å²) in [6, 6.07) is 0. The molecule has 1 spiro atoms. The van der Waals surface area contributed by atoms with E-state index < -0.39 is 0 Å². The molecule has 0 aromatic rings. The summed E-state index contributed by atoms with van der Waals surface area (Å²) in [5, 5.41) is 0. The van der Waals surface area contributed by atoms with Crippen LogP contribution in [0, 0.1) is 39.9 Å². The van der Waals surface area contributed by atoms with Gasteiger partial charge in [0, 0.05) is 37.8 Å². The van der Waals surface area contributed by atoms with E-state index in [0.29, 0.717) is 29.6 Å². The van der Waals surface area contributed by atoms with Gasteiger partial charge < -0.3 is 9.64 Å². The predicted octanol–water partition coefficient (Wildman–Crippen LogP) is 5.01. The summed E-state index contributed by atoms with van der Waals surface area (Å²) in [7, 11) is 3.83. The number of thioether (sulfide) groups is 1. The second-order valence-electron chi connectivity index (χ2n) is 11.5. The number of ether oxygens (including phenoxy) is 1. The standard InChI is InChI=1S/C25H41NO3S/c1-16(27)29-21-18(15-30-6)17-8-12-25(21)13-9-19-23(2,20(25)14-17)10-7-11-24(19,3)22(28)26(4)5/h17-21H,7-15H2,1-6H3/t17-,18+,19+,20+,21-,23-,24-,25+/m1/s1. The van der Waals surface area contributed by atoms with Crippen molar-refractivity contribution in [3.8, 4) is 0 Å². The molecule has 8 atom stereocenters. The van der Waals surface area contributed by atoms with E-state index in [1.54, 1.807) is 6.92 Å². The molecule has 5 saturated carbocycles. The fourth-order valence-corrected chi connectivity index (χ4v) is 9.84. The molecular formula is C25H41NO3S. The zero-order valence-corrected chi connectivity index (χ0v) is 20.6. The van der Waals surface area contributed by atoms with Crippen LogP contribution in [-0.4, -0.2) is 49.0 Å². The van der Waals surface area contributed by atoms with Crippen molar-refractivity contribution < 1.29 is 14.3 Å². The van der Waals surface area contributed by atoms with Crippen molar-refractivity contribution in [2.45, 2.75) is 78.2 Å². The van der Waals surface area contributed by atoms with Crippen molar-refractivity contribution >= 4 is 23.6 Å². The number of esters is 1. The topological polar surface area (TPSA) is 46.6 Å². The van der Waals surface area contributed by atoms with Crippen LogP contribution in [0.1, 0.15) is 72.1 Å². The molecule has 0 heterocycles. The van der Waals surface area contributed by atoms with Gasteiger partial charge in [0.05, 0.1) is 0 Å². The number of nitrogens with zero attached hydrogens (tertiary/aromatic N) is 1. The number of fused-ring (bicyclic) bond motifs is 3. The van der Waals surface area contributed by atoms with Gasteiger partial charge in [0.25, 0.3) is 0 Å². The molecule has 0 aliphatic heterocycles. The van der Waals surface area contributed by atoms with Gasteiger partial charge in [-0.25, -0.2) is 0 Å². The highest BCUT2D eigenvalue weighted by Crippen LogP contribution is 2.72. The SMILES string of the molecule is CSC[C@H]1[C@@H]2CC[C@@]3(CC[C@H]4[C@@](C)(CCC[C@@]4(C)C(=O)N(C)C)[C@@H]3C2)[C@@H]1OC(C)=O. The third-order valence-electron chi connectivity index (χ3n) is 9.99. The Morgan fingerprint density at radius 3 is 2.40 bits per heavy atom. The van der Waals surface area contributed by atoms with Crippen molar-refractivity contribution in [2.24, 2.45) is 39.9 Å². The summed E-state index contributed by atoms with van der Waals surface area (Å²) in [4.78, 5) is 27.3. The molecule has 0 unspecified atom stereocenters. The third-order valence-corrected chi connectivity index (χ3v) is 10.7. The molecule has 0 saturated heterocycles. The van der Waals surface area contributed by atoms with Gasteiger partial charge >= 0.3 is 5.97 Å². The first-order valence-electron chi connectivity index (χ1n) is 12.0. The lowest BCUT2D eigenvalue weighted by Crippen LogP contribution is -2.68. The fraction of sp³-hybridized carbons (Fsp3) is 0.920. The quantitative estimate of drug-likeness (QED) is 0.583. The van der Waals surface area contributed by atoms with Gasteiger partial charge in [-0.3, -0.25) is 9.59 Å². The Hall–Kier alpha value is -0.710. The molecule has 5 fully saturated rings. The van der Waals surface area contributed by atoms with Gasteiger partial charge in [-0.1, -0.05) is 20.3 Å². The van der Waals surface area contributed by atoms with Crippen LogP contribution >= 0.6 is 11.8 Å². The minimum Gasteiger partial charge on any atom is -0.462 e. The highest BCUT2D eigenvalue weighted by atomic mass is 32.2. The second kappa shape index (κ2) is 7.71. The first-order chi connectivity index (χ1) is 14.1. The average Bonchev–Trinajstić information content (AvgIpc) is 2.69. The van der Waals surface area contributed by atoms with Crippen molar-refractivity contribution in [1.82, 2.24) is 4.90 Å². The van der Waals surface area contributed by atoms with Gasteiger partial charge in [0.1, 0.15) is 6.10 Å². The Labute approximate surface area is 187 Å². The minimum atomic E-state index is -0.260. The Morgan fingerprint density at radius 2 is 1.77 bits per heavy atom. The van der Waals surface area contributed by atoms with Crippen molar-refractivity contribution in [2.75, 3.05) is 26.1 Å². The summed E-state index contributed by atoms with van der Waals surface area (Å²) < 4.78 is 6.19. The molecule has 5 aliphatic carbocycles. The van der Waals surface area contributed by atoms with Crippen LogP contribution in [0.15, 0.2) is 0 Å². The lowest BCUT2D eigenvalue weighted by Gasteiger charge is -2.70. The van der Waals surface area contributed by atoms with Gasteiger partial charge in [-0.2, -0.15) is 11.8 Å². The number of hydrogen-bond donors (Lipinski definition) is 0. The molecular weight excluding hydrogens is 394 g/mol. The molecule has 4 nitrogen and oxygen atoms in total. The Bertz CT molecular complexity index is 711. The molecule has 5 aliphatic rings. The lowest BCUT2D eigenvalue weighted by atomic mass is 9.35. The van der Waals surface area contributed by atoms with Crippen LogP contribution in [0.25, 0.3) is 0 Å². The summed E-state index contributed by atoms with van der Waals surface area (Å²) in [6.45, 7) is 6.33. The third kappa shape index (κ3) is 3.08. The molecule has 0 aromatic heterocycles. The molecule has 0 radical (unpaired) electrons. The van der Waals surface area contributed by atoms with E-state index in [4.69, 9.17) is 4.74 Å². The van der Waals surface area contributed by atoms with Gasteiger partial charge in [-0.05, 0) is 80.1 Å². The Kier molecular flexibility index (Phi) is 5.77. The normalized spacial score (nSPS) is 47.2. The zero-order valence-electron chi connectivity index (χ0n) is 19.8. The first kappa shape index (κ1) is 22.5. The van der Waals surface area contributed by atoms with Gasteiger partial charge in [0.15, 0.2) is 0 Å². The number of rotatable bonds is 4. The number of amides is 1. The molecule has 0 N–H and O–H groups in total. The van der Waals surface area contributed by atoms with Crippen molar-refractivity contribution in [3.63, 3.8) is 0 Å².